The number of H-pyrrole nitrogens is 1. The average Bonchev–Trinajstić information content (AvgIpc) is 3.07. The van der Waals surface area contributed by atoms with Crippen molar-refractivity contribution in [2.45, 2.75) is 38.7 Å². The zero-order valence-electron chi connectivity index (χ0n) is 14.5. The average molecular weight is 338 g/mol. The number of hydrogen-bond acceptors (Lipinski definition) is 4. The molecule has 1 fully saturated rings. The van der Waals surface area contributed by atoms with Crippen molar-refractivity contribution in [1.82, 2.24) is 15.1 Å². The number of carbonyl (C=O) groups excluding carboxylic acids is 1. The predicted molar refractivity (Wildman–Crippen MR) is 93.1 cm³/mol. The van der Waals surface area contributed by atoms with Crippen LogP contribution in [-0.2, 0) is 4.79 Å². The van der Waals surface area contributed by atoms with Crippen LogP contribution in [0.3, 0.4) is 0 Å². The fourth-order valence-corrected chi connectivity index (χ4v) is 3.22. The minimum atomic E-state index is -0.589. The van der Waals surface area contributed by atoms with Crippen molar-refractivity contribution in [1.29, 1.82) is 5.26 Å². The molecule has 0 bridgehead atoms. The molecule has 6 heteroatoms. The van der Waals surface area contributed by atoms with Crippen molar-refractivity contribution in [3.63, 3.8) is 0 Å². The van der Waals surface area contributed by atoms with Crippen LogP contribution >= 0.6 is 0 Å². The number of nitrogens with one attached hydrogen (secondary N) is 1. The number of hydrogen-bond donors (Lipinski definition) is 1. The molecule has 2 aromatic rings. The minimum absolute atomic E-state index is 0.0284. The third-order valence-electron chi connectivity index (χ3n) is 4.50. The SMILES string of the molecule is Cc1cc(C2CCCN(C(=O)C(C)Oc3cccc(C#N)c3)C2)n[nH]1. The van der Waals surface area contributed by atoms with E-state index in [4.69, 9.17) is 10.00 Å². The first-order chi connectivity index (χ1) is 12.1. The Bertz CT molecular complexity index is 793. The second-order valence-corrected chi connectivity index (χ2v) is 6.50. The standard InChI is InChI=1S/C19H22N4O2/c1-13-9-18(22-21-13)16-6-4-8-23(12-16)19(24)14(2)25-17-7-3-5-15(10-17)11-20/h3,5,7,9-10,14,16H,4,6,8,12H2,1-2H3,(H,21,22). The number of aryl methyl sites for hydroxylation is 1. The van der Waals surface area contributed by atoms with E-state index in [1.165, 1.54) is 0 Å². The van der Waals surface area contributed by atoms with E-state index in [0.717, 1.165) is 30.8 Å². The first-order valence-electron chi connectivity index (χ1n) is 8.54. The Morgan fingerprint density at radius 3 is 3.04 bits per heavy atom. The van der Waals surface area contributed by atoms with E-state index in [-0.39, 0.29) is 11.8 Å². The fourth-order valence-electron chi connectivity index (χ4n) is 3.22. The zero-order valence-corrected chi connectivity index (χ0v) is 14.5. The van der Waals surface area contributed by atoms with Crippen LogP contribution in [0.4, 0.5) is 0 Å². The summed E-state index contributed by atoms with van der Waals surface area (Å²) in [4.78, 5) is 14.6. The van der Waals surface area contributed by atoms with Crippen molar-refractivity contribution in [2.75, 3.05) is 13.1 Å². The van der Waals surface area contributed by atoms with Crippen molar-refractivity contribution in [3.05, 3.63) is 47.3 Å². The molecule has 0 aliphatic carbocycles. The Morgan fingerprint density at radius 1 is 1.48 bits per heavy atom. The molecule has 2 heterocycles. The van der Waals surface area contributed by atoms with Gasteiger partial charge in [0, 0.05) is 24.7 Å². The van der Waals surface area contributed by atoms with E-state index in [0.29, 0.717) is 17.9 Å². The first-order valence-corrected chi connectivity index (χ1v) is 8.54. The molecular formula is C19H22N4O2. The molecule has 130 valence electrons. The van der Waals surface area contributed by atoms with E-state index in [9.17, 15) is 4.79 Å². The lowest BCUT2D eigenvalue weighted by atomic mass is 9.94. The van der Waals surface area contributed by atoms with Crippen LogP contribution in [0, 0.1) is 18.3 Å². The largest absolute Gasteiger partial charge is 0.481 e. The van der Waals surface area contributed by atoms with Gasteiger partial charge in [-0.05, 0) is 51.0 Å². The van der Waals surface area contributed by atoms with E-state index >= 15 is 0 Å². The molecule has 1 aliphatic rings. The molecule has 2 unspecified atom stereocenters. The Labute approximate surface area is 147 Å². The van der Waals surface area contributed by atoms with Crippen molar-refractivity contribution < 1.29 is 9.53 Å². The zero-order chi connectivity index (χ0) is 17.8. The molecule has 1 aliphatic heterocycles. The van der Waals surface area contributed by atoms with E-state index in [1.807, 2.05) is 17.9 Å². The Morgan fingerprint density at radius 2 is 2.32 bits per heavy atom. The molecule has 25 heavy (non-hydrogen) atoms. The Kier molecular flexibility index (Phi) is 5.03. The van der Waals surface area contributed by atoms with E-state index < -0.39 is 6.10 Å². The number of rotatable bonds is 4. The Hall–Kier alpha value is -2.81. The van der Waals surface area contributed by atoms with Gasteiger partial charge in [-0.25, -0.2) is 0 Å². The molecule has 3 rings (SSSR count). The molecule has 1 saturated heterocycles. The molecule has 0 radical (unpaired) electrons. The molecule has 6 nitrogen and oxygen atoms in total. The second kappa shape index (κ2) is 7.39. The van der Waals surface area contributed by atoms with Crippen LogP contribution in [0.25, 0.3) is 0 Å². The van der Waals surface area contributed by atoms with Crippen molar-refractivity contribution in [3.8, 4) is 11.8 Å². The van der Waals surface area contributed by atoms with Crippen LogP contribution in [0.2, 0.25) is 0 Å². The summed E-state index contributed by atoms with van der Waals surface area (Å²) >= 11 is 0. The van der Waals surface area contributed by atoms with Gasteiger partial charge in [0.25, 0.3) is 5.91 Å². The van der Waals surface area contributed by atoms with Crippen molar-refractivity contribution in [2.24, 2.45) is 0 Å². The molecule has 1 N–H and O–H groups in total. The maximum atomic E-state index is 12.7. The number of nitrogens with zero attached hydrogens (tertiary/aromatic N) is 3. The summed E-state index contributed by atoms with van der Waals surface area (Å²) in [5, 5.41) is 16.3. The lowest BCUT2D eigenvalue weighted by Crippen LogP contribution is -2.45. The summed E-state index contributed by atoms with van der Waals surface area (Å²) in [5.74, 6) is 0.771. The highest BCUT2D eigenvalue weighted by atomic mass is 16.5. The van der Waals surface area contributed by atoms with Gasteiger partial charge < -0.3 is 9.64 Å². The Balaban J connectivity index is 1.64. The number of amides is 1. The van der Waals surface area contributed by atoms with Gasteiger partial charge in [-0.2, -0.15) is 10.4 Å². The highest BCUT2D eigenvalue weighted by molar-refractivity contribution is 5.81. The maximum absolute atomic E-state index is 12.7. The number of aromatic nitrogens is 2. The quantitative estimate of drug-likeness (QED) is 0.929. The van der Waals surface area contributed by atoms with Gasteiger partial charge in [0.1, 0.15) is 5.75 Å². The van der Waals surface area contributed by atoms with Gasteiger partial charge in [0.2, 0.25) is 0 Å². The first kappa shape index (κ1) is 17.0. The summed E-state index contributed by atoms with van der Waals surface area (Å²) in [6.45, 7) is 5.14. The minimum Gasteiger partial charge on any atom is -0.481 e. The predicted octanol–water partition coefficient (Wildman–Crippen LogP) is 2.76. The number of benzene rings is 1. The van der Waals surface area contributed by atoms with Crippen LogP contribution in [0.1, 0.15) is 42.6 Å². The summed E-state index contributed by atoms with van der Waals surface area (Å²) in [5.41, 5.74) is 2.57. The van der Waals surface area contributed by atoms with Crippen LogP contribution in [-0.4, -0.2) is 40.2 Å². The van der Waals surface area contributed by atoms with Gasteiger partial charge in [0.05, 0.1) is 17.3 Å². The van der Waals surface area contributed by atoms with Crippen LogP contribution in [0.5, 0.6) is 5.75 Å². The number of likely N-dealkylation sites (tertiary alicyclic amines) is 1. The topological polar surface area (TPSA) is 82.0 Å². The normalized spacial score (nSPS) is 18.4. The molecular weight excluding hydrogens is 316 g/mol. The summed E-state index contributed by atoms with van der Waals surface area (Å²) in [6.07, 6.45) is 1.40. The van der Waals surface area contributed by atoms with Crippen molar-refractivity contribution >= 4 is 5.91 Å². The fraction of sp³-hybridized carbons (Fsp3) is 0.421. The van der Waals surface area contributed by atoms with Gasteiger partial charge in [-0.1, -0.05) is 6.07 Å². The molecule has 1 amide bonds. The number of aromatic amines is 1. The number of carbonyl (C=O) groups is 1. The lowest BCUT2D eigenvalue weighted by Gasteiger charge is -2.33. The van der Waals surface area contributed by atoms with E-state index in [2.05, 4.69) is 16.3 Å². The second-order valence-electron chi connectivity index (χ2n) is 6.50. The lowest BCUT2D eigenvalue weighted by molar-refractivity contribution is -0.139. The summed E-state index contributed by atoms with van der Waals surface area (Å²) in [7, 11) is 0. The number of nitriles is 1. The number of ether oxygens (including phenoxy) is 1. The molecule has 2 atom stereocenters. The molecule has 0 saturated carbocycles. The summed E-state index contributed by atoms with van der Waals surface area (Å²) in [6, 6.07) is 11.0. The van der Waals surface area contributed by atoms with Gasteiger partial charge in [-0.15, -0.1) is 0 Å². The van der Waals surface area contributed by atoms with Gasteiger partial charge >= 0.3 is 0 Å². The van der Waals surface area contributed by atoms with Crippen LogP contribution < -0.4 is 4.74 Å². The maximum Gasteiger partial charge on any atom is 0.263 e. The number of piperidine rings is 1. The third-order valence-corrected chi connectivity index (χ3v) is 4.50. The third kappa shape index (κ3) is 4.00. The highest BCUT2D eigenvalue weighted by Gasteiger charge is 2.29. The van der Waals surface area contributed by atoms with Gasteiger partial charge in [0.15, 0.2) is 6.10 Å². The monoisotopic (exact) mass is 338 g/mol. The van der Waals surface area contributed by atoms with E-state index in [1.54, 1.807) is 31.2 Å². The summed E-state index contributed by atoms with van der Waals surface area (Å²) < 4.78 is 5.75. The van der Waals surface area contributed by atoms with Gasteiger partial charge in [-0.3, -0.25) is 9.89 Å². The van der Waals surface area contributed by atoms with Crippen LogP contribution in [0.15, 0.2) is 30.3 Å². The smallest absolute Gasteiger partial charge is 0.263 e. The highest BCUT2D eigenvalue weighted by Crippen LogP contribution is 2.26. The molecule has 0 spiro atoms. The molecule has 1 aromatic heterocycles. The molecule has 1 aromatic carbocycles.